The summed E-state index contributed by atoms with van der Waals surface area (Å²) in [6.07, 6.45) is 1.78. The zero-order valence-corrected chi connectivity index (χ0v) is 12.1. The lowest BCUT2D eigenvalue weighted by Gasteiger charge is -2.23. The Morgan fingerprint density at radius 3 is 2.64 bits per heavy atom. The molecule has 3 nitrogen and oxygen atoms in total. The van der Waals surface area contributed by atoms with Crippen LogP contribution in [0.4, 0.5) is 4.39 Å². The SMILES string of the molecule is O=C(c1cccc(OC2CCOCC2)c1)c1ccccc1F. The van der Waals surface area contributed by atoms with E-state index >= 15 is 0 Å². The molecule has 2 aromatic carbocycles. The van der Waals surface area contributed by atoms with Gasteiger partial charge in [0.15, 0.2) is 5.78 Å². The van der Waals surface area contributed by atoms with Crippen LogP contribution in [-0.4, -0.2) is 25.1 Å². The maximum absolute atomic E-state index is 13.7. The average Bonchev–Trinajstić information content (AvgIpc) is 2.56. The smallest absolute Gasteiger partial charge is 0.196 e. The van der Waals surface area contributed by atoms with Gasteiger partial charge in [-0.25, -0.2) is 4.39 Å². The highest BCUT2D eigenvalue weighted by molar-refractivity contribution is 6.09. The largest absolute Gasteiger partial charge is 0.490 e. The second-order valence-corrected chi connectivity index (χ2v) is 5.27. The highest BCUT2D eigenvalue weighted by atomic mass is 19.1. The van der Waals surface area contributed by atoms with E-state index in [4.69, 9.17) is 9.47 Å². The fourth-order valence-corrected chi connectivity index (χ4v) is 2.50. The van der Waals surface area contributed by atoms with E-state index in [0.29, 0.717) is 24.5 Å². The molecule has 0 bridgehead atoms. The normalized spacial score (nSPS) is 15.5. The van der Waals surface area contributed by atoms with Crippen molar-refractivity contribution in [2.24, 2.45) is 0 Å². The maximum atomic E-state index is 13.7. The standard InChI is InChI=1S/C18H17FO3/c19-17-7-2-1-6-16(17)18(20)13-4-3-5-15(12-13)22-14-8-10-21-11-9-14/h1-7,12,14H,8-11H2. The van der Waals surface area contributed by atoms with E-state index in [1.165, 1.54) is 12.1 Å². The van der Waals surface area contributed by atoms with E-state index in [0.717, 1.165) is 12.8 Å². The van der Waals surface area contributed by atoms with Crippen molar-refractivity contribution in [3.05, 3.63) is 65.5 Å². The summed E-state index contributed by atoms with van der Waals surface area (Å²) in [5.74, 6) is -0.215. The van der Waals surface area contributed by atoms with E-state index in [-0.39, 0.29) is 17.5 Å². The van der Waals surface area contributed by atoms with Crippen LogP contribution >= 0.6 is 0 Å². The van der Waals surface area contributed by atoms with Crippen LogP contribution in [0.1, 0.15) is 28.8 Å². The van der Waals surface area contributed by atoms with Crippen LogP contribution < -0.4 is 4.74 Å². The van der Waals surface area contributed by atoms with Crippen molar-refractivity contribution >= 4 is 5.78 Å². The molecule has 1 aliphatic rings. The van der Waals surface area contributed by atoms with Gasteiger partial charge in [0.2, 0.25) is 0 Å². The fourth-order valence-electron chi connectivity index (χ4n) is 2.50. The summed E-state index contributed by atoms with van der Waals surface area (Å²) in [5, 5.41) is 0. The predicted octanol–water partition coefficient (Wildman–Crippen LogP) is 3.61. The van der Waals surface area contributed by atoms with Crippen molar-refractivity contribution < 1.29 is 18.7 Å². The monoisotopic (exact) mass is 300 g/mol. The van der Waals surface area contributed by atoms with Gasteiger partial charge in [-0.3, -0.25) is 4.79 Å². The van der Waals surface area contributed by atoms with Crippen LogP contribution in [-0.2, 0) is 4.74 Å². The lowest BCUT2D eigenvalue weighted by atomic mass is 10.0. The summed E-state index contributed by atoms with van der Waals surface area (Å²) >= 11 is 0. The third-order valence-corrected chi connectivity index (χ3v) is 3.69. The van der Waals surface area contributed by atoms with Gasteiger partial charge in [0.05, 0.1) is 18.8 Å². The van der Waals surface area contributed by atoms with Gasteiger partial charge in [-0.15, -0.1) is 0 Å². The van der Waals surface area contributed by atoms with Crippen molar-refractivity contribution in [3.8, 4) is 5.75 Å². The molecule has 0 atom stereocenters. The highest BCUT2D eigenvalue weighted by Gasteiger charge is 2.17. The summed E-state index contributed by atoms with van der Waals surface area (Å²) in [6, 6.07) is 12.9. The van der Waals surface area contributed by atoms with Crippen LogP contribution in [0.5, 0.6) is 5.75 Å². The molecule has 114 valence electrons. The Labute approximate surface area is 128 Å². The van der Waals surface area contributed by atoms with Crippen molar-refractivity contribution in [3.63, 3.8) is 0 Å². The molecule has 1 aliphatic heterocycles. The van der Waals surface area contributed by atoms with E-state index in [1.807, 2.05) is 6.07 Å². The van der Waals surface area contributed by atoms with E-state index in [2.05, 4.69) is 0 Å². The number of hydrogen-bond acceptors (Lipinski definition) is 3. The Balaban J connectivity index is 1.78. The zero-order chi connectivity index (χ0) is 15.4. The van der Waals surface area contributed by atoms with Gasteiger partial charge in [0.25, 0.3) is 0 Å². The Kier molecular flexibility index (Phi) is 4.49. The number of ether oxygens (including phenoxy) is 2. The summed E-state index contributed by atoms with van der Waals surface area (Å²) in [5.41, 5.74) is 0.500. The summed E-state index contributed by atoms with van der Waals surface area (Å²) in [4.78, 5) is 12.4. The molecule has 0 aromatic heterocycles. The Hall–Kier alpha value is -2.20. The maximum Gasteiger partial charge on any atom is 0.196 e. The number of carbonyl (C=O) groups excluding carboxylic acids is 1. The van der Waals surface area contributed by atoms with Crippen molar-refractivity contribution in [2.45, 2.75) is 18.9 Å². The molecular formula is C18H17FO3. The van der Waals surface area contributed by atoms with Gasteiger partial charge in [0.1, 0.15) is 17.7 Å². The molecule has 1 heterocycles. The van der Waals surface area contributed by atoms with Crippen LogP contribution in [0.3, 0.4) is 0 Å². The van der Waals surface area contributed by atoms with E-state index < -0.39 is 5.82 Å². The second-order valence-electron chi connectivity index (χ2n) is 5.27. The lowest BCUT2D eigenvalue weighted by Crippen LogP contribution is -2.25. The van der Waals surface area contributed by atoms with Crippen LogP contribution in [0.2, 0.25) is 0 Å². The molecule has 0 aliphatic carbocycles. The van der Waals surface area contributed by atoms with Gasteiger partial charge in [-0.05, 0) is 24.3 Å². The van der Waals surface area contributed by atoms with E-state index in [1.54, 1.807) is 30.3 Å². The molecule has 2 aromatic rings. The summed E-state index contributed by atoms with van der Waals surface area (Å²) in [6.45, 7) is 1.39. The molecular weight excluding hydrogens is 283 g/mol. The van der Waals surface area contributed by atoms with Gasteiger partial charge in [0, 0.05) is 18.4 Å². The van der Waals surface area contributed by atoms with Gasteiger partial charge in [-0.1, -0.05) is 24.3 Å². The topological polar surface area (TPSA) is 35.5 Å². The molecule has 1 fully saturated rings. The molecule has 0 N–H and O–H groups in total. The Morgan fingerprint density at radius 2 is 1.86 bits per heavy atom. The van der Waals surface area contributed by atoms with Crippen LogP contribution in [0.25, 0.3) is 0 Å². The lowest BCUT2D eigenvalue weighted by molar-refractivity contribution is 0.0255. The first-order valence-electron chi connectivity index (χ1n) is 7.38. The van der Waals surface area contributed by atoms with Crippen LogP contribution in [0.15, 0.2) is 48.5 Å². The first-order valence-corrected chi connectivity index (χ1v) is 7.38. The molecule has 0 saturated carbocycles. The quantitative estimate of drug-likeness (QED) is 0.809. The van der Waals surface area contributed by atoms with Gasteiger partial charge in [-0.2, -0.15) is 0 Å². The van der Waals surface area contributed by atoms with Crippen molar-refractivity contribution in [1.29, 1.82) is 0 Å². The first-order chi connectivity index (χ1) is 10.7. The minimum absolute atomic E-state index is 0.0747. The third kappa shape index (κ3) is 3.34. The number of carbonyl (C=O) groups is 1. The molecule has 0 spiro atoms. The number of halogens is 1. The Morgan fingerprint density at radius 1 is 1.09 bits per heavy atom. The highest BCUT2D eigenvalue weighted by Crippen LogP contribution is 2.21. The van der Waals surface area contributed by atoms with E-state index in [9.17, 15) is 9.18 Å². The van der Waals surface area contributed by atoms with Gasteiger partial charge < -0.3 is 9.47 Å². The molecule has 0 radical (unpaired) electrons. The molecule has 0 amide bonds. The molecule has 22 heavy (non-hydrogen) atoms. The second kappa shape index (κ2) is 6.71. The molecule has 3 rings (SSSR count). The molecule has 1 saturated heterocycles. The first kappa shape index (κ1) is 14.7. The number of hydrogen-bond donors (Lipinski definition) is 0. The molecule has 4 heteroatoms. The predicted molar refractivity (Wildman–Crippen MR) is 80.7 cm³/mol. The minimum Gasteiger partial charge on any atom is -0.490 e. The Bertz CT molecular complexity index is 663. The number of ketones is 1. The zero-order valence-electron chi connectivity index (χ0n) is 12.1. The van der Waals surface area contributed by atoms with Gasteiger partial charge >= 0.3 is 0 Å². The fraction of sp³-hybridized carbons (Fsp3) is 0.278. The molecule has 0 unspecified atom stereocenters. The number of benzene rings is 2. The summed E-state index contributed by atoms with van der Waals surface area (Å²) in [7, 11) is 0. The minimum atomic E-state index is -0.511. The van der Waals surface area contributed by atoms with Crippen molar-refractivity contribution in [2.75, 3.05) is 13.2 Å². The van der Waals surface area contributed by atoms with Crippen LogP contribution in [0, 0.1) is 5.82 Å². The third-order valence-electron chi connectivity index (χ3n) is 3.69. The average molecular weight is 300 g/mol. The summed E-state index contributed by atoms with van der Waals surface area (Å²) < 4.78 is 24.9. The van der Waals surface area contributed by atoms with Crippen molar-refractivity contribution in [1.82, 2.24) is 0 Å². The number of rotatable bonds is 4.